The Kier molecular flexibility index (Phi) is 7.76. The van der Waals surface area contributed by atoms with Crippen LogP contribution in [-0.4, -0.2) is 49.9 Å². The van der Waals surface area contributed by atoms with Crippen LogP contribution < -0.4 is 5.32 Å². The summed E-state index contributed by atoms with van der Waals surface area (Å²) in [6.45, 7) is 1.33. The highest BCUT2D eigenvalue weighted by molar-refractivity contribution is 6.33. The third-order valence-corrected chi connectivity index (χ3v) is 7.95. The molecule has 1 unspecified atom stereocenters. The smallest absolute Gasteiger partial charge is 0.257 e. The molecule has 9 heteroatoms. The molecule has 2 aromatic heterocycles. The Morgan fingerprint density at radius 1 is 1.16 bits per heavy atom. The fraction of sp³-hybridized carbons (Fsp3) is 0.464. The highest BCUT2D eigenvalue weighted by atomic mass is 35.5. The van der Waals surface area contributed by atoms with Crippen LogP contribution in [0.25, 0.3) is 11.1 Å². The molecule has 1 atom stereocenters. The topological polar surface area (TPSA) is 83.3 Å². The lowest BCUT2D eigenvalue weighted by Gasteiger charge is -2.35. The molecule has 5 rings (SSSR count). The van der Waals surface area contributed by atoms with Gasteiger partial charge in [-0.15, -0.1) is 0 Å². The van der Waals surface area contributed by atoms with E-state index in [0.29, 0.717) is 28.9 Å². The van der Waals surface area contributed by atoms with Gasteiger partial charge in [-0.2, -0.15) is 5.10 Å². The monoisotopic (exact) mass is 525 g/mol. The van der Waals surface area contributed by atoms with Crippen LogP contribution in [0.2, 0.25) is 5.02 Å². The van der Waals surface area contributed by atoms with Crippen LogP contribution in [0.3, 0.4) is 0 Å². The summed E-state index contributed by atoms with van der Waals surface area (Å²) in [6, 6.07) is 6.43. The minimum atomic E-state index is -0.590. The van der Waals surface area contributed by atoms with Gasteiger partial charge < -0.3 is 15.3 Å². The van der Waals surface area contributed by atoms with E-state index in [4.69, 9.17) is 11.6 Å². The van der Waals surface area contributed by atoms with Crippen LogP contribution in [0.5, 0.6) is 0 Å². The molecule has 1 amide bonds. The number of pyridine rings is 1. The van der Waals surface area contributed by atoms with Gasteiger partial charge in [0.05, 0.1) is 28.9 Å². The first-order valence-corrected chi connectivity index (χ1v) is 13.4. The fourth-order valence-electron chi connectivity index (χ4n) is 5.52. The third-order valence-electron chi connectivity index (χ3n) is 7.63. The second-order valence-electron chi connectivity index (χ2n) is 10.2. The van der Waals surface area contributed by atoms with Crippen LogP contribution >= 0.6 is 11.6 Å². The predicted molar refractivity (Wildman–Crippen MR) is 142 cm³/mol. The molecule has 1 aliphatic carbocycles. The van der Waals surface area contributed by atoms with Crippen molar-refractivity contribution < 1.29 is 14.3 Å². The van der Waals surface area contributed by atoms with Gasteiger partial charge in [0.1, 0.15) is 11.6 Å². The quantitative estimate of drug-likeness (QED) is 0.437. The average molecular weight is 526 g/mol. The number of aliphatic hydroxyl groups is 1. The number of carbonyl (C=O) groups excluding carboxylic acids is 1. The molecule has 7 nitrogen and oxygen atoms in total. The molecule has 1 aliphatic heterocycles. The Hall–Kier alpha value is -2.97. The van der Waals surface area contributed by atoms with Crippen molar-refractivity contribution in [1.82, 2.24) is 19.7 Å². The normalized spacial score (nSPS) is 22.2. The number of carbonyl (C=O) groups is 1. The number of amides is 1. The Morgan fingerprint density at radius 3 is 2.70 bits per heavy atom. The van der Waals surface area contributed by atoms with Gasteiger partial charge in [0.2, 0.25) is 0 Å². The van der Waals surface area contributed by atoms with E-state index in [-0.39, 0.29) is 29.2 Å². The number of nitrogens with one attached hydrogen (secondary N) is 1. The molecule has 0 spiro atoms. The Labute approximate surface area is 221 Å². The number of hydrogen-bond acceptors (Lipinski definition) is 5. The number of piperidine rings is 1. The molecule has 3 heterocycles. The Balaban J connectivity index is 1.34. The zero-order chi connectivity index (χ0) is 25.9. The van der Waals surface area contributed by atoms with E-state index in [1.54, 1.807) is 40.2 Å². The zero-order valence-electron chi connectivity index (χ0n) is 21.0. The second kappa shape index (κ2) is 11.2. The molecule has 196 valence electrons. The van der Waals surface area contributed by atoms with Crippen LogP contribution in [-0.2, 0) is 7.05 Å². The number of rotatable bonds is 6. The summed E-state index contributed by atoms with van der Waals surface area (Å²) < 4.78 is 17.5. The molecular formula is C28H33ClFN5O2. The van der Waals surface area contributed by atoms with Gasteiger partial charge >= 0.3 is 0 Å². The SMILES string of the molecule is Cn1cc(C2CCCCN2C(=O)c2cccc(-c3cnc(NCC4CCC(O)CC4)cc3Cl)c2F)cn1. The Morgan fingerprint density at radius 2 is 1.97 bits per heavy atom. The fourth-order valence-corrected chi connectivity index (χ4v) is 5.77. The minimum Gasteiger partial charge on any atom is -0.393 e. The van der Waals surface area contributed by atoms with Crippen LogP contribution in [0.4, 0.5) is 10.2 Å². The van der Waals surface area contributed by atoms with Crippen molar-refractivity contribution in [3.8, 4) is 11.1 Å². The number of likely N-dealkylation sites (tertiary alicyclic amines) is 1. The molecule has 2 N–H and O–H groups in total. The van der Waals surface area contributed by atoms with E-state index in [2.05, 4.69) is 15.4 Å². The molecule has 2 fully saturated rings. The van der Waals surface area contributed by atoms with Crippen molar-refractivity contribution in [2.24, 2.45) is 13.0 Å². The van der Waals surface area contributed by atoms with Gasteiger partial charge in [0, 0.05) is 49.2 Å². The number of nitrogens with zero attached hydrogens (tertiary/aromatic N) is 4. The van der Waals surface area contributed by atoms with Crippen molar-refractivity contribution in [3.63, 3.8) is 0 Å². The second-order valence-corrected chi connectivity index (χ2v) is 10.6. The van der Waals surface area contributed by atoms with E-state index in [1.165, 1.54) is 6.07 Å². The first-order chi connectivity index (χ1) is 17.9. The third kappa shape index (κ3) is 5.65. The van der Waals surface area contributed by atoms with Gasteiger partial charge in [0.25, 0.3) is 5.91 Å². The molecular weight excluding hydrogens is 493 g/mol. The summed E-state index contributed by atoms with van der Waals surface area (Å²) in [5, 5.41) is 17.6. The zero-order valence-corrected chi connectivity index (χ0v) is 21.8. The van der Waals surface area contributed by atoms with Crippen molar-refractivity contribution in [2.45, 2.75) is 57.1 Å². The number of anilines is 1. The summed E-state index contributed by atoms with van der Waals surface area (Å²) in [6.07, 6.45) is 11.4. The molecule has 1 saturated heterocycles. The molecule has 3 aromatic rings. The van der Waals surface area contributed by atoms with E-state index in [9.17, 15) is 9.90 Å². The van der Waals surface area contributed by atoms with E-state index < -0.39 is 5.82 Å². The van der Waals surface area contributed by atoms with Crippen molar-refractivity contribution in [3.05, 3.63) is 64.8 Å². The molecule has 2 aliphatic rings. The van der Waals surface area contributed by atoms with Gasteiger partial charge in [-0.3, -0.25) is 9.48 Å². The van der Waals surface area contributed by atoms with E-state index in [0.717, 1.165) is 57.1 Å². The minimum absolute atomic E-state index is 0.0334. The molecule has 1 aromatic carbocycles. The van der Waals surface area contributed by atoms with Crippen molar-refractivity contribution in [2.75, 3.05) is 18.4 Å². The first kappa shape index (κ1) is 25.7. The Bertz CT molecular complexity index is 1260. The number of aliphatic hydroxyl groups excluding tert-OH is 1. The summed E-state index contributed by atoms with van der Waals surface area (Å²) in [5.41, 5.74) is 1.70. The lowest BCUT2D eigenvalue weighted by Crippen LogP contribution is -2.38. The summed E-state index contributed by atoms with van der Waals surface area (Å²) in [4.78, 5) is 19.8. The number of aromatic nitrogens is 3. The lowest BCUT2D eigenvalue weighted by molar-refractivity contribution is 0.0606. The lowest BCUT2D eigenvalue weighted by atomic mass is 9.87. The maximum atomic E-state index is 15.8. The van der Waals surface area contributed by atoms with Crippen molar-refractivity contribution >= 4 is 23.3 Å². The number of aryl methyl sites for hydroxylation is 1. The van der Waals surface area contributed by atoms with Crippen LogP contribution in [0, 0.1) is 11.7 Å². The average Bonchev–Trinajstić information content (AvgIpc) is 3.34. The first-order valence-electron chi connectivity index (χ1n) is 13.1. The molecule has 37 heavy (non-hydrogen) atoms. The van der Waals surface area contributed by atoms with Gasteiger partial charge in [-0.1, -0.05) is 23.7 Å². The molecule has 1 saturated carbocycles. The van der Waals surface area contributed by atoms with Crippen LogP contribution in [0.15, 0.2) is 42.9 Å². The number of benzene rings is 1. The van der Waals surface area contributed by atoms with E-state index in [1.807, 2.05) is 13.2 Å². The maximum Gasteiger partial charge on any atom is 0.257 e. The van der Waals surface area contributed by atoms with E-state index >= 15 is 4.39 Å². The highest BCUT2D eigenvalue weighted by Crippen LogP contribution is 2.35. The standard InChI is InChI=1S/C28H33ClFN5O2/c1-34-17-19(15-33-34)25-7-2-3-12-35(25)28(37)22-6-4-5-21(27(22)30)23-16-32-26(13-24(23)29)31-14-18-8-10-20(36)11-9-18/h4-6,13,15-18,20,25,36H,2-3,7-12,14H2,1H3,(H,31,32). The molecule has 0 bridgehead atoms. The number of hydrogen-bond donors (Lipinski definition) is 2. The van der Waals surface area contributed by atoms with Gasteiger partial charge in [0.15, 0.2) is 0 Å². The summed E-state index contributed by atoms with van der Waals surface area (Å²) in [5.74, 6) is 0.190. The molecule has 0 radical (unpaired) electrons. The number of halogens is 2. The summed E-state index contributed by atoms with van der Waals surface area (Å²) in [7, 11) is 1.85. The van der Waals surface area contributed by atoms with Crippen molar-refractivity contribution in [1.29, 1.82) is 0 Å². The summed E-state index contributed by atoms with van der Waals surface area (Å²) >= 11 is 6.58. The van der Waals surface area contributed by atoms with Gasteiger partial charge in [-0.25, -0.2) is 9.37 Å². The highest BCUT2D eigenvalue weighted by Gasteiger charge is 2.31. The maximum absolute atomic E-state index is 15.8. The van der Waals surface area contributed by atoms with Gasteiger partial charge in [-0.05, 0) is 63.0 Å². The predicted octanol–water partition coefficient (Wildman–Crippen LogP) is 5.61. The van der Waals surface area contributed by atoms with Crippen LogP contribution in [0.1, 0.15) is 66.9 Å². The largest absolute Gasteiger partial charge is 0.393 e.